The zero-order valence-electron chi connectivity index (χ0n) is 20.9. The lowest BCUT2D eigenvalue weighted by molar-refractivity contribution is -0.125. The Bertz CT molecular complexity index is 960. The third-order valence-electron chi connectivity index (χ3n) is 6.87. The van der Waals surface area contributed by atoms with Gasteiger partial charge in [0, 0.05) is 45.0 Å². The van der Waals surface area contributed by atoms with Crippen LogP contribution in [-0.2, 0) is 19.8 Å². The van der Waals surface area contributed by atoms with Gasteiger partial charge in [-0.3, -0.25) is 14.5 Å². The van der Waals surface area contributed by atoms with Crippen molar-refractivity contribution in [2.24, 2.45) is 0 Å². The summed E-state index contributed by atoms with van der Waals surface area (Å²) in [6, 6.07) is 4.10. The Morgan fingerprint density at radius 1 is 0.971 bits per heavy atom. The molecule has 1 heterocycles. The lowest BCUT2D eigenvalue weighted by Gasteiger charge is -2.38. The molecular formula is C24H39N5O4S. The summed E-state index contributed by atoms with van der Waals surface area (Å²) in [5, 5.41) is 5.55. The van der Waals surface area contributed by atoms with Gasteiger partial charge in [-0.25, -0.2) is 0 Å². The normalized spacial score (nSPS) is 18.7. The van der Waals surface area contributed by atoms with Crippen LogP contribution < -0.4 is 10.6 Å². The summed E-state index contributed by atoms with van der Waals surface area (Å²) in [5.74, 6) is -0.520. The quantitative estimate of drug-likeness (QED) is 0.575. The van der Waals surface area contributed by atoms with Gasteiger partial charge in [0.15, 0.2) is 0 Å². The lowest BCUT2D eigenvalue weighted by Crippen LogP contribution is -2.55. The highest BCUT2D eigenvalue weighted by Crippen LogP contribution is 2.25. The van der Waals surface area contributed by atoms with Gasteiger partial charge in [0.05, 0.1) is 13.1 Å². The molecule has 2 N–H and O–H groups in total. The van der Waals surface area contributed by atoms with Crippen LogP contribution in [0, 0.1) is 20.8 Å². The highest BCUT2D eigenvalue weighted by Gasteiger charge is 2.34. The van der Waals surface area contributed by atoms with E-state index in [-0.39, 0.29) is 30.9 Å². The predicted octanol–water partition coefficient (Wildman–Crippen LogP) is 1.79. The van der Waals surface area contributed by atoms with Gasteiger partial charge < -0.3 is 10.6 Å². The molecule has 10 heteroatoms. The summed E-state index contributed by atoms with van der Waals surface area (Å²) in [5.41, 5.74) is 3.88. The Labute approximate surface area is 204 Å². The van der Waals surface area contributed by atoms with Crippen molar-refractivity contribution < 1.29 is 18.0 Å². The minimum atomic E-state index is -3.49. The fourth-order valence-electron chi connectivity index (χ4n) is 4.93. The molecule has 0 aromatic heterocycles. The van der Waals surface area contributed by atoms with Gasteiger partial charge in [0.2, 0.25) is 11.8 Å². The molecule has 1 saturated heterocycles. The maximum Gasteiger partial charge on any atom is 0.282 e. The highest BCUT2D eigenvalue weighted by atomic mass is 32.2. The largest absolute Gasteiger partial charge is 0.346 e. The van der Waals surface area contributed by atoms with Crippen molar-refractivity contribution in [1.82, 2.24) is 18.8 Å². The number of nitrogens with zero attached hydrogens (tertiary/aromatic N) is 3. The molecule has 1 aliphatic carbocycles. The maximum atomic E-state index is 13.0. The van der Waals surface area contributed by atoms with Crippen molar-refractivity contribution in [3.8, 4) is 0 Å². The Balaban J connectivity index is 1.42. The Morgan fingerprint density at radius 2 is 1.56 bits per heavy atom. The number of amides is 2. The number of hydrogen-bond donors (Lipinski definition) is 2. The summed E-state index contributed by atoms with van der Waals surface area (Å²) in [7, 11) is -1.80. The number of anilines is 1. The fourth-order valence-corrected chi connectivity index (χ4v) is 6.51. The number of aryl methyl sites for hydroxylation is 3. The number of rotatable bonds is 8. The number of piperazine rings is 1. The first-order valence-electron chi connectivity index (χ1n) is 12.2. The Morgan fingerprint density at radius 3 is 2.15 bits per heavy atom. The molecule has 34 heavy (non-hydrogen) atoms. The highest BCUT2D eigenvalue weighted by molar-refractivity contribution is 7.86. The van der Waals surface area contributed by atoms with Crippen LogP contribution in [0.2, 0.25) is 0 Å². The standard InChI is InChI=1S/C24H39N5O4S/c1-18-14-19(2)24(20(3)15-18)26-22(30)16-25-23(31)17-28-10-12-29(13-11-28)34(32,33)27(4)21-8-6-5-7-9-21/h14-15,21H,5-13,16-17H2,1-4H3,(H,25,31)(H,26,30). The zero-order chi connectivity index (χ0) is 24.9. The van der Waals surface area contributed by atoms with E-state index in [1.54, 1.807) is 11.4 Å². The predicted molar refractivity (Wildman–Crippen MR) is 134 cm³/mol. The van der Waals surface area contributed by atoms with Gasteiger partial charge in [-0.2, -0.15) is 17.0 Å². The van der Waals surface area contributed by atoms with Crippen LogP contribution in [0.3, 0.4) is 0 Å². The fraction of sp³-hybridized carbons (Fsp3) is 0.667. The van der Waals surface area contributed by atoms with Crippen LogP contribution in [0.25, 0.3) is 0 Å². The van der Waals surface area contributed by atoms with E-state index in [0.29, 0.717) is 26.2 Å². The summed E-state index contributed by atoms with van der Waals surface area (Å²) >= 11 is 0. The second-order valence-electron chi connectivity index (χ2n) is 9.59. The average Bonchev–Trinajstić information content (AvgIpc) is 2.80. The molecule has 0 bridgehead atoms. The molecule has 2 aliphatic rings. The minimum absolute atomic E-state index is 0.0844. The number of carbonyl (C=O) groups is 2. The van der Waals surface area contributed by atoms with Crippen molar-refractivity contribution in [3.05, 3.63) is 28.8 Å². The molecule has 1 aliphatic heterocycles. The van der Waals surface area contributed by atoms with Crippen LogP contribution in [0.5, 0.6) is 0 Å². The second kappa shape index (κ2) is 11.6. The third kappa shape index (κ3) is 6.78. The lowest BCUT2D eigenvalue weighted by atomic mass is 9.96. The monoisotopic (exact) mass is 493 g/mol. The van der Waals surface area contributed by atoms with Crippen LogP contribution in [0.1, 0.15) is 48.8 Å². The smallest absolute Gasteiger partial charge is 0.282 e. The number of carbonyl (C=O) groups excluding carboxylic acids is 2. The molecule has 2 fully saturated rings. The Hall–Kier alpha value is -2.01. The van der Waals surface area contributed by atoms with E-state index >= 15 is 0 Å². The molecule has 3 rings (SSSR count). The molecule has 1 saturated carbocycles. The van der Waals surface area contributed by atoms with Gasteiger partial charge in [0.25, 0.3) is 10.2 Å². The second-order valence-corrected chi connectivity index (χ2v) is 11.6. The van der Waals surface area contributed by atoms with Gasteiger partial charge in [0.1, 0.15) is 0 Å². The van der Waals surface area contributed by atoms with Crippen molar-refractivity contribution in [2.45, 2.75) is 58.9 Å². The van der Waals surface area contributed by atoms with E-state index in [2.05, 4.69) is 10.6 Å². The van der Waals surface area contributed by atoms with Crippen LogP contribution in [0.15, 0.2) is 12.1 Å². The molecule has 1 aromatic carbocycles. The molecule has 9 nitrogen and oxygen atoms in total. The minimum Gasteiger partial charge on any atom is -0.346 e. The van der Waals surface area contributed by atoms with E-state index in [1.807, 2.05) is 37.8 Å². The van der Waals surface area contributed by atoms with E-state index in [4.69, 9.17) is 0 Å². The Kier molecular flexibility index (Phi) is 9.08. The number of hydrogen-bond acceptors (Lipinski definition) is 5. The first kappa shape index (κ1) is 26.6. The van der Waals surface area contributed by atoms with Crippen LogP contribution in [0.4, 0.5) is 5.69 Å². The summed E-state index contributed by atoms with van der Waals surface area (Å²) < 4.78 is 29.1. The van der Waals surface area contributed by atoms with Crippen molar-refractivity contribution in [3.63, 3.8) is 0 Å². The van der Waals surface area contributed by atoms with Crippen molar-refractivity contribution in [1.29, 1.82) is 0 Å². The van der Waals surface area contributed by atoms with Crippen molar-refractivity contribution >= 4 is 27.7 Å². The van der Waals surface area contributed by atoms with E-state index < -0.39 is 10.2 Å². The van der Waals surface area contributed by atoms with Crippen LogP contribution >= 0.6 is 0 Å². The molecule has 1 aromatic rings. The van der Waals surface area contributed by atoms with Gasteiger partial charge in [-0.1, -0.05) is 37.0 Å². The maximum absolute atomic E-state index is 13.0. The first-order valence-corrected chi connectivity index (χ1v) is 13.6. The van der Waals surface area contributed by atoms with E-state index in [9.17, 15) is 18.0 Å². The van der Waals surface area contributed by atoms with Gasteiger partial charge in [-0.05, 0) is 44.7 Å². The topological polar surface area (TPSA) is 102 Å². The molecular weight excluding hydrogens is 454 g/mol. The SMILES string of the molecule is Cc1cc(C)c(NC(=O)CNC(=O)CN2CCN(S(=O)(=O)N(C)C3CCCCC3)CC2)c(C)c1. The first-order chi connectivity index (χ1) is 16.1. The molecule has 0 atom stereocenters. The average molecular weight is 494 g/mol. The molecule has 0 unspecified atom stereocenters. The summed E-state index contributed by atoms with van der Waals surface area (Å²) in [6.45, 7) is 7.63. The molecule has 2 amide bonds. The van der Waals surface area contributed by atoms with Gasteiger partial charge in [-0.15, -0.1) is 0 Å². The zero-order valence-corrected chi connectivity index (χ0v) is 21.7. The number of nitrogens with one attached hydrogen (secondary N) is 2. The van der Waals surface area contributed by atoms with Crippen LogP contribution in [-0.4, -0.2) is 86.1 Å². The third-order valence-corrected chi connectivity index (χ3v) is 8.91. The molecule has 0 spiro atoms. The molecule has 190 valence electrons. The van der Waals surface area contributed by atoms with E-state index in [0.717, 1.165) is 48.1 Å². The van der Waals surface area contributed by atoms with E-state index in [1.165, 1.54) is 10.7 Å². The molecule has 0 radical (unpaired) electrons. The number of benzene rings is 1. The summed E-state index contributed by atoms with van der Waals surface area (Å²) in [4.78, 5) is 26.6. The summed E-state index contributed by atoms with van der Waals surface area (Å²) in [6.07, 6.45) is 5.18. The van der Waals surface area contributed by atoms with Crippen molar-refractivity contribution in [2.75, 3.05) is 51.6 Å². The van der Waals surface area contributed by atoms with Gasteiger partial charge >= 0.3 is 0 Å².